The molecule has 2 N–H and O–H groups in total. The fourth-order valence-electron chi connectivity index (χ4n) is 8.54. The van der Waals surface area contributed by atoms with Crippen LogP contribution in [0.5, 0.6) is 5.88 Å². The maximum atomic E-state index is 16.9. The maximum absolute atomic E-state index is 16.9. The summed E-state index contributed by atoms with van der Waals surface area (Å²) in [5, 5.41) is 15.2. The van der Waals surface area contributed by atoms with Gasteiger partial charge in [0.05, 0.1) is 38.7 Å². The van der Waals surface area contributed by atoms with Gasteiger partial charge in [-0.05, 0) is 70.2 Å². The lowest BCUT2D eigenvalue weighted by Gasteiger charge is -2.39. The van der Waals surface area contributed by atoms with E-state index >= 15 is 4.39 Å². The summed E-state index contributed by atoms with van der Waals surface area (Å²) < 4.78 is 26.8. The van der Waals surface area contributed by atoms with Crippen molar-refractivity contribution in [1.82, 2.24) is 34.6 Å². The Hall–Kier alpha value is -3.87. The van der Waals surface area contributed by atoms with Crippen LogP contribution in [0.2, 0.25) is 0 Å². The molecule has 0 radical (unpaired) electrons. The minimum atomic E-state index is -0.915. The molecule has 238 valence electrons. The number of fused-ring (bicyclic) bond motifs is 5. The summed E-state index contributed by atoms with van der Waals surface area (Å²) in [5.74, 6) is 0.297. The summed E-state index contributed by atoms with van der Waals surface area (Å²) in [7, 11) is 0. The molecular formula is C34H36FN7O3S. The first-order valence-electron chi connectivity index (χ1n) is 16.4. The lowest BCUT2D eigenvalue weighted by molar-refractivity contribution is 0.136. The number of pyridine rings is 2. The number of nitrogens with one attached hydrogen (secondary N) is 1. The van der Waals surface area contributed by atoms with E-state index in [2.05, 4.69) is 25.8 Å². The van der Waals surface area contributed by atoms with Crippen molar-refractivity contribution in [1.29, 1.82) is 0 Å². The van der Waals surface area contributed by atoms with Gasteiger partial charge < -0.3 is 19.7 Å². The van der Waals surface area contributed by atoms with Gasteiger partial charge in [0.1, 0.15) is 17.3 Å². The minimum Gasteiger partial charge on any atom is -0.473 e. The second kappa shape index (κ2) is 10.9. The summed E-state index contributed by atoms with van der Waals surface area (Å²) in [6.45, 7) is 6.31. The number of carbonyl (C=O) groups is 1. The number of carboxylic acid groups (broad SMARTS) is 1. The number of likely N-dealkylation sites (tertiary alicyclic amines) is 2. The van der Waals surface area contributed by atoms with Crippen LogP contribution < -0.4 is 10.1 Å². The summed E-state index contributed by atoms with van der Waals surface area (Å²) in [5.41, 5.74) is 5.29. The molecule has 4 aromatic heterocycles. The standard InChI is InChI=1S/C34H36FN7O3S/c1-18(16-40-9-2-3-10-40)45-33-21-13-25(24-7-5-11-41(24)34(43)44)42(31-19-12-23(31)36-14-19)32(21)22-15-37-29(27(35)30(22)39-33)20-6-4-8-26-28(20)38-17-46-26/h4,6,8,13,15,17-19,23-24,31,36H,2-3,5,7,9-12,14,16H2,1H3,(H,43,44)/t18?,19-,23-,24-,31+/m1/s1. The van der Waals surface area contributed by atoms with Crippen molar-refractivity contribution in [2.24, 2.45) is 5.92 Å². The van der Waals surface area contributed by atoms with Crippen LogP contribution in [0.15, 0.2) is 36.0 Å². The minimum absolute atomic E-state index is 0.135. The van der Waals surface area contributed by atoms with Gasteiger partial charge in [0.25, 0.3) is 0 Å². The number of benzene rings is 1. The van der Waals surface area contributed by atoms with E-state index in [1.165, 1.54) is 24.2 Å². The molecule has 12 heteroatoms. The lowest BCUT2D eigenvalue weighted by atomic mass is 9.79. The van der Waals surface area contributed by atoms with Crippen LogP contribution in [0, 0.1) is 11.7 Å². The smallest absolute Gasteiger partial charge is 0.407 e. The van der Waals surface area contributed by atoms with Crippen molar-refractivity contribution < 1.29 is 19.0 Å². The van der Waals surface area contributed by atoms with E-state index in [0.717, 1.165) is 66.7 Å². The highest BCUT2D eigenvalue weighted by Gasteiger charge is 2.50. The van der Waals surface area contributed by atoms with Crippen molar-refractivity contribution in [2.75, 3.05) is 32.7 Å². The maximum Gasteiger partial charge on any atom is 0.407 e. The molecule has 5 fully saturated rings. The molecule has 5 aliphatic rings. The third kappa shape index (κ3) is 4.33. The Morgan fingerprint density at radius 3 is 2.83 bits per heavy atom. The van der Waals surface area contributed by atoms with Crippen LogP contribution in [0.4, 0.5) is 9.18 Å². The highest BCUT2D eigenvalue weighted by Crippen LogP contribution is 2.50. The van der Waals surface area contributed by atoms with Crippen molar-refractivity contribution in [2.45, 2.75) is 63.3 Å². The SMILES string of the molecule is CC(CN1CCCC1)Oc1nc2c(F)c(-c3cccc4scnc34)ncc2c2c1cc([C@H]1CCCN1C(=O)O)n2[C@H]1[C@H]2CN[C@@H]1C2. The van der Waals surface area contributed by atoms with Gasteiger partial charge in [0.15, 0.2) is 5.82 Å². The molecule has 8 heterocycles. The van der Waals surface area contributed by atoms with Crippen LogP contribution in [-0.2, 0) is 0 Å². The molecule has 1 saturated carbocycles. The Morgan fingerprint density at radius 1 is 1.17 bits per heavy atom. The average Bonchev–Trinajstić information content (AvgIpc) is 3.88. The number of rotatable bonds is 7. The molecule has 4 saturated heterocycles. The monoisotopic (exact) mass is 641 g/mol. The van der Waals surface area contributed by atoms with Gasteiger partial charge in [-0.1, -0.05) is 12.1 Å². The topological polar surface area (TPSA) is 109 Å². The number of amides is 1. The summed E-state index contributed by atoms with van der Waals surface area (Å²) in [4.78, 5) is 30.5. The quantitative estimate of drug-likeness (QED) is 0.216. The van der Waals surface area contributed by atoms with Crippen LogP contribution in [0.3, 0.4) is 0 Å². The molecule has 1 aromatic carbocycles. The normalized spacial score (nSPS) is 25.2. The fraction of sp³-hybridized carbons (Fsp3) is 0.471. The van der Waals surface area contributed by atoms with Crippen molar-refractivity contribution in [3.8, 4) is 17.1 Å². The third-order valence-electron chi connectivity index (χ3n) is 10.6. The van der Waals surface area contributed by atoms with Gasteiger partial charge in [-0.3, -0.25) is 14.8 Å². The number of hydrogen-bond acceptors (Lipinski definition) is 8. The van der Waals surface area contributed by atoms with Crippen LogP contribution in [0.1, 0.15) is 56.8 Å². The van der Waals surface area contributed by atoms with E-state index in [4.69, 9.17) is 14.7 Å². The number of aromatic nitrogens is 4. The largest absolute Gasteiger partial charge is 0.473 e. The molecule has 4 aliphatic heterocycles. The van der Waals surface area contributed by atoms with E-state index in [9.17, 15) is 9.90 Å². The van der Waals surface area contributed by atoms with E-state index < -0.39 is 11.9 Å². The zero-order chi connectivity index (χ0) is 31.1. The summed E-state index contributed by atoms with van der Waals surface area (Å²) in [6, 6.07) is 7.92. The first-order valence-corrected chi connectivity index (χ1v) is 17.3. The molecule has 1 amide bonds. The Morgan fingerprint density at radius 2 is 2.04 bits per heavy atom. The van der Waals surface area contributed by atoms with Crippen molar-refractivity contribution in [3.05, 3.63) is 47.5 Å². The zero-order valence-corrected chi connectivity index (χ0v) is 26.5. The summed E-state index contributed by atoms with van der Waals surface area (Å²) in [6.07, 6.45) is 5.63. The second-order valence-corrected chi connectivity index (χ2v) is 14.3. The van der Waals surface area contributed by atoms with E-state index in [1.807, 2.05) is 25.1 Å². The van der Waals surface area contributed by atoms with Crippen molar-refractivity contribution >= 4 is 49.5 Å². The van der Waals surface area contributed by atoms with Gasteiger partial charge in [0, 0.05) is 48.5 Å². The second-order valence-electron chi connectivity index (χ2n) is 13.4. The first kappa shape index (κ1) is 28.4. The molecule has 5 atom stereocenters. The number of nitrogens with zero attached hydrogens (tertiary/aromatic N) is 6. The van der Waals surface area contributed by atoms with Crippen LogP contribution in [-0.4, -0.2) is 85.4 Å². The number of ether oxygens (including phenoxy) is 1. The Balaban J connectivity index is 1.28. The number of para-hydroxylation sites is 1. The summed E-state index contributed by atoms with van der Waals surface area (Å²) >= 11 is 1.51. The van der Waals surface area contributed by atoms with Crippen LogP contribution in [0.25, 0.3) is 43.3 Å². The number of thiazole rings is 1. The highest BCUT2D eigenvalue weighted by molar-refractivity contribution is 7.16. The Labute approximate surface area is 269 Å². The average molecular weight is 642 g/mol. The molecular weight excluding hydrogens is 605 g/mol. The number of hydrogen-bond donors (Lipinski definition) is 2. The number of halogens is 1. The first-order chi connectivity index (χ1) is 22.5. The van der Waals surface area contributed by atoms with E-state index in [-0.39, 0.29) is 35.4 Å². The van der Waals surface area contributed by atoms with Gasteiger partial charge in [-0.15, -0.1) is 11.3 Å². The zero-order valence-electron chi connectivity index (χ0n) is 25.7. The molecule has 1 unspecified atom stereocenters. The van der Waals surface area contributed by atoms with Gasteiger partial charge in [-0.25, -0.2) is 19.2 Å². The van der Waals surface area contributed by atoms with E-state index in [1.54, 1.807) is 16.6 Å². The van der Waals surface area contributed by atoms with Crippen molar-refractivity contribution in [3.63, 3.8) is 0 Å². The predicted molar refractivity (Wildman–Crippen MR) is 175 cm³/mol. The lowest BCUT2D eigenvalue weighted by Crippen LogP contribution is -2.40. The molecule has 1 aliphatic carbocycles. The van der Waals surface area contributed by atoms with Gasteiger partial charge in [-0.2, -0.15) is 0 Å². The molecule has 5 aromatic rings. The van der Waals surface area contributed by atoms with Gasteiger partial charge >= 0.3 is 6.09 Å². The Kier molecular flexibility index (Phi) is 6.69. The molecule has 2 bridgehead atoms. The van der Waals surface area contributed by atoms with Gasteiger partial charge in [0.2, 0.25) is 5.88 Å². The highest BCUT2D eigenvalue weighted by atomic mass is 32.1. The van der Waals surface area contributed by atoms with Crippen LogP contribution >= 0.6 is 11.3 Å². The van der Waals surface area contributed by atoms with E-state index in [0.29, 0.717) is 34.8 Å². The fourth-order valence-corrected chi connectivity index (χ4v) is 9.24. The third-order valence-corrected chi connectivity index (χ3v) is 11.4. The molecule has 10 nitrogen and oxygen atoms in total. The molecule has 0 spiro atoms. The Bertz CT molecular complexity index is 1990. The molecule has 10 rings (SSSR count). The molecule has 46 heavy (non-hydrogen) atoms. The predicted octanol–water partition coefficient (Wildman–Crippen LogP) is 6.21.